The second-order valence-corrected chi connectivity index (χ2v) is 6.65. The third-order valence-electron chi connectivity index (χ3n) is 4.58. The minimum Gasteiger partial charge on any atom is -0.494 e. The number of carbonyl (C=O) groups is 1. The Morgan fingerprint density at radius 1 is 1.17 bits per heavy atom. The second-order valence-electron chi connectivity index (χ2n) is 6.65. The van der Waals surface area contributed by atoms with E-state index in [1.807, 2.05) is 6.92 Å². The summed E-state index contributed by atoms with van der Waals surface area (Å²) in [6, 6.07) is 9.41. The lowest BCUT2D eigenvalue weighted by Gasteiger charge is -2.36. The van der Waals surface area contributed by atoms with Gasteiger partial charge in [0.05, 0.1) is 12.9 Å². The summed E-state index contributed by atoms with van der Waals surface area (Å²) < 4.78 is 23.7. The van der Waals surface area contributed by atoms with E-state index in [9.17, 15) is 9.18 Å². The van der Waals surface area contributed by atoms with Gasteiger partial charge in [-0.1, -0.05) is 0 Å². The number of halogens is 1. The van der Waals surface area contributed by atoms with Crippen molar-refractivity contribution in [3.63, 3.8) is 0 Å². The van der Waals surface area contributed by atoms with Crippen LogP contribution >= 0.6 is 0 Å². The quantitative estimate of drug-likeness (QED) is 0.438. The number of nitrogens with zero attached hydrogens (tertiary/aromatic N) is 3. The second kappa shape index (κ2) is 10.5. The lowest BCUT2D eigenvalue weighted by Crippen LogP contribution is -2.53. The van der Waals surface area contributed by atoms with Gasteiger partial charge in [0.15, 0.2) is 11.7 Å². The van der Waals surface area contributed by atoms with Crippen LogP contribution in [0.1, 0.15) is 23.9 Å². The van der Waals surface area contributed by atoms with Crippen LogP contribution in [0.3, 0.4) is 0 Å². The molecule has 0 aliphatic carbocycles. The molecule has 2 heterocycles. The Morgan fingerprint density at radius 2 is 1.90 bits per heavy atom. The maximum absolute atomic E-state index is 12.9. The molecule has 8 heteroatoms. The van der Waals surface area contributed by atoms with E-state index < -0.39 is 0 Å². The molecule has 0 unspecified atom stereocenters. The van der Waals surface area contributed by atoms with E-state index in [1.54, 1.807) is 29.2 Å². The predicted octanol–water partition coefficient (Wildman–Crippen LogP) is 2.61. The van der Waals surface area contributed by atoms with Crippen LogP contribution in [0.5, 0.6) is 5.75 Å². The highest BCUT2D eigenvalue weighted by molar-refractivity contribution is 5.91. The molecule has 29 heavy (non-hydrogen) atoms. The summed E-state index contributed by atoms with van der Waals surface area (Å²) in [4.78, 5) is 21.0. The standard InChI is InChI=1S/C21H27FN4O3/c1-2-23-21(24-10-4-16-28-18-8-6-17(22)7-9-18)26-13-11-25(12-14-26)20(27)19-5-3-15-29-19/h3,5-9,15H,2,4,10-14,16H2,1H3,(H,23,24). The van der Waals surface area contributed by atoms with E-state index in [1.165, 1.54) is 18.4 Å². The summed E-state index contributed by atoms with van der Waals surface area (Å²) in [5, 5.41) is 3.31. The van der Waals surface area contributed by atoms with Crippen molar-refractivity contribution in [1.82, 2.24) is 15.1 Å². The van der Waals surface area contributed by atoms with E-state index in [-0.39, 0.29) is 11.7 Å². The van der Waals surface area contributed by atoms with Crippen molar-refractivity contribution in [3.8, 4) is 5.75 Å². The van der Waals surface area contributed by atoms with E-state index in [4.69, 9.17) is 9.15 Å². The van der Waals surface area contributed by atoms with Gasteiger partial charge in [0.25, 0.3) is 5.91 Å². The Morgan fingerprint density at radius 3 is 2.55 bits per heavy atom. The monoisotopic (exact) mass is 402 g/mol. The van der Waals surface area contributed by atoms with E-state index in [2.05, 4.69) is 15.2 Å². The van der Waals surface area contributed by atoms with Crippen molar-refractivity contribution in [2.24, 2.45) is 4.99 Å². The minimum atomic E-state index is -0.275. The Hall–Kier alpha value is -3.03. The van der Waals surface area contributed by atoms with Crippen molar-refractivity contribution in [2.75, 3.05) is 45.9 Å². The highest BCUT2D eigenvalue weighted by Crippen LogP contribution is 2.12. The van der Waals surface area contributed by atoms with Gasteiger partial charge in [-0.3, -0.25) is 9.79 Å². The van der Waals surface area contributed by atoms with Gasteiger partial charge < -0.3 is 24.3 Å². The molecule has 1 aromatic heterocycles. The number of amides is 1. The fourth-order valence-corrected chi connectivity index (χ4v) is 3.07. The average molecular weight is 402 g/mol. The molecule has 0 radical (unpaired) electrons. The first kappa shape index (κ1) is 20.7. The van der Waals surface area contributed by atoms with Crippen molar-refractivity contribution in [1.29, 1.82) is 0 Å². The Kier molecular flexibility index (Phi) is 7.49. The number of hydrogen-bond acceptors (Lipinski definition) is 4. The third-order valence-corrected chi connectivity index (χ3v) is 4.58. The van der Waals surface area contributed by atoms with E-state index in [0.29, 0.717) is 50.8 Å². The number of ether oxygens (including phenoxy) is 1. The van der Waals surface area contributed by atoms with Gasteiger partial charge in [0.2, 0.25) is 0 Å². The van der Waals surface area contributed by atoms with Gasteiger partial charge in [-0.05, 0) is 43.3 Å². The number of nitrogens with one attached hydrogen (secondary N) is 1. The summed E-state index contributed by atoms with van der Waals surface area (Å²) in [7, 11) is 0. The van der Waals surface area contributed by atoms with E-state index in [0.717, 1.165) is 18.9 Å². The molecule has 1 fully saturated rings. The molecule has 1 aliphatic heterocycles. The largest absolute Gasteiger partial charge is 0.494 e. The Labute approximate surface area is 170 Å². The smallest absolute Gasteiger partial charge is 0.289 e. The van der Waals surface area contributed by atoms with Gasteiger partial charge in [-0.25, -0.2) is 4.39 Å². The first-order valence-electron chi connectivity index (χ1n) is 9.92. The molecule has 2 aromatic rings. The molecule has 0 atom stereocenters. The van der Waals surface area contributed by atoms with Crippen LogP contribution < -0.4 is 10.1 Å². The number of furan rings is 1. The van der Waals surface area contributed by atoms with Gasteiger partial charge >= 0.3 is 0 Å². The Bertz CT molecular complexity index is 785. The molecule has 1 aliphatic rings. The zero-order chi connectivity index (χ0) is 20.5. The minimum absolute atomic E-state index is 0.0745. The molecule has 0 spiro atoms. The van der Waals surface area contributed by atoms with Gasteiger partial charge in [-0.15, -0.1) is 0 Å². The molecule has 7 nitrogen and oxygen atoms in total. The molecule has 0 saturated carbocycles. The summed E-state index contributed by atoms with van der Waals surface area (Å²) in [5.74, 6) is 1.52. The molecular formula is C21H27FN4O3. The SMILES string of the molecule is CCNC(=NCCCOc1ccc(F)cc1)N1CCN(C(=O)c2ccco2)CC1. The Balaban J connectivity index is 1.44. The first-order chi connectivity index (χ1) is 14.2. The number of rotatable bonds is 7. The maximum Gasteiger partial charge on any atom is 0.289 e. The molecule has 1 saturated heterocycles. The van der Waals surface area contributed by atoms with E-state index >= 15 is 0 Å². The van der Waals surface area contributed by atoms with Gasteiger partial charge in [0.1, 0.15) is 11.6 Å². The predicted molar refractivity (Wildman–Crippen MR) is 109 cm³/mol. The van der Waals surface area contributed by atoms with Crippen LogP contribution in [0.25, 0.3) is 0 Å². The van der Waals surface area contributed by atoms with Crippen molar-refractivity contribution < 1.29 is 18.3 Å². The van der Waals surface area contributed by atoms with Crippen LogP contribution in [-0.4, -0.2) is 67.5 Å². The summed E-state index contributed by atoms with van der Waals surface area (Å²) >= 11 is 0. The molecule has 156 valence electrons. The lowest BCUT2D eigenvalue weighted by molar-refractivity contribution is 0.0657. The fourth-order valence-electron chi connectivity index (χ4n) is 3.07. The van der Waals surface area contributed by atoms with Crippen LogP contribution in [0.4, 0.5) is 4.39 Å². The highest BCUT2D eigenvalue weighted by atomic mass is 19.1. The number of piperazine rings is 1. The average Bonchev–Trinajstić information content (AvgIpc) is 3.29. The van der Waals surface area contributed by atoms with Crippen LogP contribution in [0, 0.1) is 5.82 Å². The molecule has 3 rings (SSSR count). The number of carbonyl (C=O) groups excluding carboxylic acids is 1. The van der Waals surface area contributed by atoms with Crippen molar-refractivity contribution >= 4 is 11.9 Å². The fraction of sp³-hybridized carbons (Fsp3) is 0.429. The molecule has 1 amide bonds. The molecule has 0 bridgehead atoms. The first-order valence-corrected chi connectivity index (χ1v) is 9.92. The summed E-state index contributed by atoms with van der Waals surface area (Å²) in [6.45, 7) is 6.61. The number of hydrogen-bond donors (Lipinski definition) is 1. The number of benzene rings is 1. The van der Waals surface area contributed by atoms with Crippen LogP contribution in [0.15, 0.2) is 52.1 Å². The zero-order valence-corrected chi connectivity index (χ0v) is 16.6. The topological polar surface area (TPSA) is 70.3 Å². The van der Waals surface area contributed by atoms with Crippen molar-refractivity contribution in [2.45, 2.75) is 13.3 Å². The highest BCUT2D eigenvalue weighted by Gasteiger charge is 2.25. The zero-order valence-electron chi connectivity index (χ0n) is 16.6. The molecule has 1 aromatic carbocycles. The van der Waals surface area contributed by atoms with Crippen LogP contribution in [0.2, 0.25) is 0 Å². The number of guanidine groups is 1. The summed E-state index contributed by atoms with van der Waals surface area (Å²) in [5.41, 5.74) is 0. The van der Waals surface area contributed by atoms with Gasteiger partial charge in [-0.2, -0.15) is 0 Å². The molecule has 1 N–H and O–H groups in total. The number of aliphatic imine (C=N–C) groups is 1. The third kappa shape index (κ3) is 5.97. The van der Waals surface area contributed by atoms with Gasteiger partial charge in [0, 0.05) is 45.7 Å². The van der Waals surface area contributed by atoms with Crippen molar-refractivity contribution in [3.05, 3.63) is 54.2 Å². The molecular weight excluding hydrogens is 375 g/mol. The lowest BCUT2D eigenvalue weighted by atomic mass is 10.3. The maximum atomic E-state index is 12.9. The normalized spacial score (nSPS) is 14.8. The van der Waals surface area contributed by atoms with Crippen LogP contribution in [-0.2, 0) is 0 Å². The summed E-state index contributed by atoms with van der Waals surface area (Å²) in [6.07, 6.45) is 2.27.